The van der Waals surface area contributed by atoms with Crippen LogP contribution in [0, 0.1) is 0 Å². The molecule has 0 spiro atoms. The highest BCUT2D eigenvalue weighted by atomic mass is 16.7. The third-order valence-electron chi connectivity index (χ3n) is 4.31. The highest BCUT2D eigenvalue weighted by molar-refractivity contribution is 5.13. The fraction of sp³-hybridized carbons (Fsp3) is 0.579. The van der Waals surface area contributed by atoms with Gasteiger partial charge < -0.3 is 14.2 Å². The van der Waals surface area contributed by atoms with Crippen molar-refractivity contribution in [3.05, 3.63) is 48.0 Å². The summed E-state index contributed by atoms with van der Waals surface area (Å²) >= 11 is 0. The second-order valence-electron chi connectivity index (χ2n) is 6.19. The zero-order valence-corrected chi connectivity index (χ0v) is 13.2. The van der Waals surface area contributed by atoms with Crippen molar-refractivity contribution in [1.29, 1.82) is 0 Å². The summed E-state index contributed by atoms with van der Waals surface area (Å²) in [6.45, 7) is 1.25. The minimum atomic E-state index is -0.192. The van der Waals surface area contributed by atoms with Gasteiger partial charge in [0, 0.05) is 0 Å². The van der Waals surface area contributed by atoms with E-state index in [2.05, 4.69) is 18.2 Å². The van der Waals surface area contributed by atoms with E-state index in [4.69, 9.17) is 14.2 Å². The summed E-state index contributed by atoms with van der Waals surface area (Å²) in [6.07, 6.45) is 11.6. The quantitative estimate of drug-likeness (QED) is 0.736. The first-order valence-corrected chi connectivity index (χ1v) is 8.49. The Balaban J connectivity index is 1.38. The van der Waals surface area contributed by atoms with E-state index >= 15 is 0 Å². The Labute approximate surface area is 133 Å². The van der Waals surface area contributed by atoms with Crippen LogP contribution in [0.2, 0.25) is 0 Å². The summed E-state index contributed by atoms with van der Waals surface area (Å²) in [5.74, 6) is 0. The van der Waals surface area contributed by atoms with Gasteiger partial charge in [-0.05, 0) is 30.9 Å². The highest BCUT2D eigenvalue weighted by Gasteiger charge is 2.23. The fourth-order valence-corrected chi connectivity index (χ4v) is 3.09. The minimum absolute atomic E-state index is 0.0994. The molecule has 0 bridgehead atoms. The lowest BCUT2D eigenvalue weighted by atomic mass is 9.98. The Hall–Kier alpha value is -1.16. The fourth-order valence-electron chi connectivity index (χ4n) is 3.09. The number of ether oxygens (including phenoxy) is 3. The van der Waals surface area contributed by atoms with E-state index < -0.39 is 0 Å². The summed E-state index contributed by atoms with van der Waals surface area (Å²) in [7, 11) is 0. The third-order valence-corrected chi connectivity index (χ3v) is 4.31. The van der Waals surface area contributed by atoms with Crippen molar-refractivity contribution in [2.45, 2.75) is 63.6 Å². The Morgan fingerprint density at radius 1 is 1.05 bits per heavy atom. The van der Waals surface area contributed by atoms with Gasteiger partial charge in [0.15, 0.2) is 6.29 Å². The van der Waals surface area contributed by atoms with Gasteiger partial charge >= 0.3 is 0 Å². The maximum absolute atomic E-state index is 6.06. The topological polar surface area (TPSA) is 27.7 Å². The smallest absolute Gasteiger partial charge is 0.177 e. The van der Waals surface area contributed by atoms with Crippen molar-refractivity contribution < 1.29 is 14.2 Å². The number of hydrogen-bond acceptors (Lipinski definition) is 3. The molecule has 0 amide bonds. The molecule has 3 nitrogen and oxygen atoms in total. The standard InChI is InChI=1S/C19H26O3/c1-3-8-16(9-4-1)14-20-15-18-12-7-13-19(22-18)21-17-10-5-2-6-11-17/h1,3-4,7-9,13,17-19H,2,5-6,10-12,14-15H2/t18-,19+/m0/s1. The van der Waals surface area contributed by atoms with Crippen molar-refractivity contribution in [2.75, 3.05) is 6.61 Å². The summed E-state index contributed by atoms with van der Waals surface area (Å²) < 4.78 is 17.8. The summed E-state index contributed by atoms with van der Waals surface area (Å²) in [6, 6.07) is 10.2. The molecule has 0 N–H and O–H groups in total. The highest BCUT2D eigenvalue weighted by Crippen LogP contribution is 2.24. The van der Waals surface area contributed by atoms with Crippen LogP contribution in [0.5, 0.6) is 0 Å². The van der Waals surface area contributed by atoms with Crippen LogP contribution in [0.1, 0.15) is 44.1 Å². The Morgan fingerprint density at radius 3 is 2.68 bits per heavy atom. The average Bonchev–Trinajstić information content (AvgIpc) is 2.57. The van der Waals surface area contributed by atoms with Gasteiger partial charge in [0.1, 0.15) is 0 Å². The molecule has 22 heavy (non-hydrogen) atoms. The largest absolute Gasteiger partial charge is 0.374 e. The molecule has 0 unspecified atom stereocenters. The van der Waals surface area contributed by atoms with Crippen LogP contribution < -0.4 is 0 Å². The molecule has 1 aliphatic heterocycles. The molecular formula is C19H26O3. The second kappa shape index (κ2) is 8.47. The SMILES string of the molecule is C1=C[C@H](OC2CCCCC2)O[C@H](COCc2ccccc2)C1. The molecule has 1 fully saturated rings. The van der Waals surface area contributed by atoms with Gasteiger partial charge in [0.25, 0.3) is 0 Å². The zero-order chi connectivity index (χ0) is 15.0. The van der Waals surface area contributed by atoms with Crippen molar-refractivity contribution in [3.8, 4) is 0 Å². The van der Waals surface area contributed by atoms with E-state index in [1.54, 1.807) is 0 Å². The first kappa shape index (κ1) is 15.7. The molecule has 2 aliphatic rings. The third kappa shape index (κ3) is 4.94. The van der Waals surface area contributed by atoms with Crippen LogP contribution in [-0.4, -0.2) is 25.1 Å². The number of benzene rings is 1. The zero-order valence-electron chi connectivity index (χ0n) is 13.2. The van der Waals surface area contributed by atoms with Crippen molar-refractivity contribution in [1.82, 2.24) is 0 Å². The molecule has 0 radical (unpaired) electrons. The van der Waals surface area contributed by atoms with E-state index in [0.717, 1.165) is 6.42 Å². The Morgan fingerprint density at radius 2 is 1.86 bits per heavy atom. The van der Waals surface area contributed by atoms with E-state index in [1.165, 1.54) is 37.7 Å². The van der Waals surface area contributed by atoms with Gasteiger partial charge in [0.05, 0.1) is 25.4 Å². The van der Waals surface area contributed by atoms with Crippen molar-refractivity contribution in [2.24, 2.45) is 0 Å². The Bertz CT molecular complexity index is 451. The summed E-state index contributed by atoms with van der Waals surface area (Å²) in [5, 5.41) is 0. The summed E-state index contributed by atoms with van der Waals surface area (Å²) in [5.41, 5.74) is 1.20. The molecule has 0 saturated heterocycles. The first-order chi connectivity index (χ1) is 10.9. The Kier molecular flexibility index (Phi) is 6.05. The molecule has 0 aromatic heterocycles. The predicted octanol–water partition coefficient (Wildman–Crippen LogP) is 4.22. The predicted molar refractivity (Wildman–Crippen MR) is 86.5 cm³/mol. The maximum Gasteiger partial charge on any atom is 0.177 e. The lowest BCUT2D eigenvalue weighted by Gasteiger charge is -2.30. The van der Waals surface area contributed by atoms with Crippen molar-refractivity contribution >= 4 is 0 Å². The van der Waals surface area contributed by atoms with Gasteiger partial charge in [-0.25, -0.2) is 0 Å². The van der Waals surface area contributed by atoms with Crippen LogP contribution >= 0.6 is 0 Å². The average molecular weight is 302 g/mol. The maximum atomic E-state index is 6.06. The van der Waals surface area contributed by atoms with E-state index in [9.17, 15) is 0 Å². The molecule has 1 aliphatic carbocycles. The monoisotopic (exact) mass is 302 g/mol. The molecule has 120 valence electrons. The second-order valence-corrected chi connectivity index (χ2v) is 6.19. The lowest BCUT2D eigenvalue weighted by Crippen LogP contribution is -2.33. The van der Waals surface area contributed by atoms with Crippen molar-refractivity contribution in [3.63, 3.8) is 0 Å². The van der Waals surface area contributed by atoms with Gasteiger partial charge in [-0.1, -0.05) is 55.7 Å². The molecule has 1 aromatic rings. The minimum Gasteiger partial charge on any atom is -0.374 e. The van der Waals surface area contributed by atoms with Crippen LogP contribution in [0.3, 0.4) is 0 Å². The van der Waals surface area contributed by atoms with E-state index in [-0.39, 0.29) is 12.4 Å². The van der Waals surface area contributed by atoms with Crippen LogP contribution in [0.4, 0.5) is 0 Å². The first-order valence-electron chi connectivity index (χ1n) is 8.49. The molecule has 3 heteroatoms. The van der Waals surface area contributed by atoms with Crippen LogP contribution in [-0.2, 0) is 20.8 Å². The van der Waals surface area contributed by atoms with E-state index in [1.807, 2.05) is 24.3 Å². The lowest BCUT2D eigenvalue weighted by molar-refractivity contribution is -0.188. The molecule has 2 atom stereocenters. The molecule has 1 saturated carbocycles. The van der Waals surface area contributed by atoms with Crippen LogP contribution in [0.25, 0.3) is 0 Å². The molecule has 1 aromatic carbocycles. The van der Waals surface area contributed by atoms with Crippen LogP contribution in [0.15, 0.2) is 42.5 Å². The molecular weight excluding hydrogens is 276 g/mol. The number of rotatable bonds is 6. The number of hydrogen-bond donors (Lipinski definition) is 0. The van der Waals surface area contributed by atoms with Gasteiger partial charge in [-0.3, -0.25) is 0 Å². The molecule has 1 heterocycles. The van der Waals surface area contributed by atoms with Gasteiger partial charge in [-0.15, -0.1) is 0 Å². The van der Waals surface area contributed by atoms with E-state index in [0.29, 0.717) is 19.3 Å². The summed E-state index contributed by atoms with van der Waals surface area (Å²) in [4.78, 5) is 0. The molecule has 3 rings (SSSR count). The van der Waals surface area contributed by atoms with Gasteiger partial charge in [-0.2, -0.15) is 0 Å². The normalized spacial score (nSPS) is 26.2. The van der Waals surface area contributed by atoms with Gasteiger partial charge in [0.2, 0.25) is 0 Å².